The third-order valence-electron chi connectivity index (χ3n) is 6.41. The average molecular weight is 573 g/mol. The van der Waals surface area contributed by atoms with E-state index in [9.17, 15) is 36.3 Å². The second kappa shape index (κ2) is 11.8. The summed E-state index contributed by atoms with van der Waals surface area (Å²) in [5.74, 6) is -0.840. The summed E-state index contributed by atoms with van der Waals surface area (Å²) < 4.78 is 70.0. The monoisotopic (exact) mass is 572 g/mol. The van der Waals surface area contributed by atoms with Gasteiger partial charge < -0.3 is 25.4 Å². The molecule has 1 heterocycles. The molecule has 3 rings (SSSR count). The van der Waals surface area contributed by atoms with Crippen molar-refractivity contribution in [3.05, 3.63) is 53.6 Å². The van der Waals surface area contributed by atoms with E-state index in [1.54, 1.807) is 13.8 Å². The van der Waals surface area contributed by atoms with Crippen LogP contribution in [0.15, 0.2) is 42.5 Å². The standard InChI is InChI=1S/C25H31F3N4O6S/c1-15-12-32(16(2)14-33)23(34)19-6-5-7-20(22(19)38-21(15)13-31(3)39(4,36)37)30-24(35)29-18-10-8-17(9-11-18)25(26,27)28/h5-11,15-16,21,33H,12-14H2,1-4H3,(H2,29,30,35)/t15-,16+,21+/m0/s1. The van der Waals surface area contributed by atoms with Gasteiger partial charge in [0.05, 0.1) is 42.3 Å². The van der Waals surface area contributed by atoms with Gasteiger partial charge in [-0.15, -0.1) is 0 Å². The van der Waals surface area contributed by atoms with Gasteiger partial charge >= 0.3 is 12.2 Å². The van der Waals surface area contributed by atoms with E-state index in [2.05, 4.69) is 10.6 Å². The second-order valence-corrected chi connectivity index (χ2v) is 11.6. The predicted octanol–water partition coefficient (Wildman–Crippen LogP) is 3.46. The number of fused-ring (bicyclic) bond motifs is 1. The number of benzene rings is 2. The molecule has 1 aliphatic rings. The smallest absolute Gasteiger partial charge is 0.416 e. The van der Waals surface area contributed by atoms with Crippen molar-refractivity contribution >= 4 is 33.3 Å². The largest absolute Gasteiger partial charge is 0.486 e. The maximum absolute atomic E-state index is 13.5. The quantitative estimate of drug-likeness (QED) is 0.466. The highest BCUT2D eigenvalue weighted by Gasteiger charge is 2.35. The molecule has 10 nitrogen and oxygen atoms in total. The van der Waals surface area contributed by atoms with E-state index in [0.717, 1.165) is 34.8 Å². The molecule has 0 unspecified atom stereocenters. The topological polar surface area (TPSA) is 128 Å². The number of aliphatic hydroxyl groups excluding tert-OH is 1. The first-order valence-corrected chi connectivity index (χ1v) is 13.8. The van der Waals surface area contributed by atoms with E-state index >= 15 is 0 Å². The first-order chi connectivity index (χ1) is 18.1. The molecule has 2 aromatic carbocycles. The number of amides is 3. The molecule has 1 aliphatic heterocycles. The van der Waals surface area contributed by atoms with Crippen LogP contribution in [-0.4, -0.2) is 79.8 Å². The number of rotatable bonds is 7. The van der Waals surface area contributed by atoms with E-state index < -0.39 is 45.8 Å². The zero-order valence-electron chi connectivity index (χ0n) is 21.8. The lowest BCUT2D eigenvalue weighted by molar-refractivity contribution is -0.137. The van der Waals surface area contributed by atoms with Crippen LogP contribution in [0.3, 0.4) is 0 Å². The van der Waals surface area contributed by atoms with E-state index in [4.69, 9.17) is 4.74 Å². The number of carbonyl (C=O) groups excluding carboxylic acids is 2. The number of nitrogens with one attached hydrogen (secondary N) is 2. The van der Waals surface area contributed by atoms with Crippen LogP contribution in [-0.2, 0) is 16.2 Å². The van der Waals surface area contributed by atoms with Crippen molar-refractivity contribution in [2.75, 3.05) is 43.6 Å². The van der Waals surface area contributed by atoms with Crippen LogP contribution in [0.4, 0.5) is 29.3 Å². The molecule has 0 fully saturated rings. The van der Waals surface area contributed by atoms with Crippen molar-refractivity contribution in [3.8, 4) is 5.75 Å². The third-order valence-corrected chi connectivity index (χ3v) is 7.69. The zero-order chi connectivity index (χ0) is 29.1. The predicted molar refractivity (Wildman–Crippen MR) is 139 cm³/mol. The van der Waals surface area contributed by atoms with Crippen LogP contribution < -0.4 is 15.4 Å². The highest BCUT2D eigenvalue weighted by molar-refractivity contribution is 7.88. The number of nitrogens with zero attached hydrogens (tertiary/aromatic N) is 2. The number of likely N-dealkylation sites (N-methyl/N-ethyl adjacent to an activating group) is 1. The molecule has 0 saturated carbocycles. The fraction of sp³-hybridized carbons (Fsp3) is 0.440. The molecule has 0 aliphatic carbocycles. The molecule has 0 radical (unpaired) electrons. The Morgan fingerprint density at radius 3 is 2.41 bits per heavy atom. The molecule has 14 heteroatoms. The van der Waals surface area contributed by atoms with Gasteiger partial charge in [-0.05, 0) is 43.3 Å². The Morgan fingerprint density at radius 1 is 1.21 bits per heavy atom. The van der Waals surface area contributed by atoms with Gasteiger partial charge in [-0.25, -0.2) is 17.5 Å². The molecule has 0 spiro atoms. The average Bonchev–Trinajstić information content (AvgIpc) is 2.85. The second-order valence-electron chi connectivity index (χ2n) is 9.50. The lowest BCUT2D eigenvalue weighted by Crippen LogP contribution is -2.50. The first-order valence-electron chi connectivity index (χ1n) is 12.0. The fourth-order valence-electron chi connectivity index (χ4n) is 3.98. The van der Waals surface area contributed by atoms with Crippen molar-refractivity contribution in [3.63, 3.8) is 0 Å². The normalized spacial score (nSPS) is 19.0. The Bertz CT molecular complexity index is 1300. The Labute approximate surface area is 224 Å². The molecule has 3 atom stereocenters. The Morgan fingerprint density at radius 2 is 1.85 bits per heavy atom. The van der Waals surface area contributed by atoms with Crippen molar-refractivity contribution in [1.82, 2.24) is 9.21 Å². The number of sulfonamides is 1. The highest BCUT2D eigenvalue weighted by atomic mass is 32.2. The Hall–Kier alpha value is -3.36. The van der Waals surface area contributed by atoms with Gasteiger partial charge in [-0.2, -0.15) is 13.2 Å². The molecule has 0 aromatic heterocycles. The molecule has 3 amide bonds. The summed E-state index contributed by atoms with van der Waals surface area (Å²) in [7, 11) is -2.17. The number of hydrogen-bond donors (Lipinski definition) is 3. The number of urea groups is 1. The molecule has 39 heavy (non-hydrogen) atoms. The van der Waals surface area contributed by atoms with Gasteiger partial charge in [0.15, 0.2) is 5.75 Å². The summed E-state index contributed by atoms with van der Waals surface area (Å²) in [5, 5.41) is 14.7. The van der Waals surface area contributed by atoms with Gasteiger partial charge in [-0.3, -0.25) is 4.79 Å². The number of ether oxygens (including phenoxy) is 1. The number of carbonyl (C=O) groups is 2. The minimum atomic E-state index is -4.52. The van der Waals surface area contributed by atoms with Crippen molar-refractivity contribution in [2.24, 2.45) is 5.92 Å². The maximum atomic E-state index is 13.5. The maximum Gasteiger partial charge on any atom is 0.416 e. The molecule has 3 N–H and O–H groups in total. The van der Waals surface area contributed by atoms with Gasteiger partial charge in [0, 0.05) is 25.2 Å². The lowest BCUT2D eigenvalue weighted by atomic mass is 9.99. The van der Waals surface area contributed by atoms with E-state index in [0.29, 0.717) is 0 Å². The van der Waals surface area contributed by atoms with Crippen LogP contribution in [0.1, 0.15) is 29.8 Å². The molecular weight excluding hydrogens is 541 g/mol. The summed E-state index contributed by atoms with van der Waals surface area (Å²) >= 11 is 0. The van der Waals surface area contributed by atoms with Crippen LogP contribution in [0.5, 0.6) is 5.75 Å². The first kappa shape index (κ1) is 30.2. The number of hydrogen-bond acceptors (Lipinski definition) is 6. The van der Waals surface area contributed by atoms with Gasteiger partial charge in [0.2, 0.25) is 10.0 Å². The van der Waals surface area contributed by atoms with Crippen molar-refractivity contribution in [2.45, 2.75) is 32.2 Å². The lowest BCUT2D eigenvalue weighted by Gasteiger charge is -2.38. The summed E-state index contributed by atoms with van der Waals surface area (Å²) in [6.45, 7) is 3.26. The Kier molecular flexibility index (Phi) is 9.13. The minimum Gasteiger partial charge on any atom is -0.486 e. The van der Waals surface area contributed by atoms with E-state index in [1.807, 2.05) is 0 Å². The Balaban J connectivity index is 1.95. The number of halogens is 3. The summed E-state index contributed by atoms with van der Waals surface area (Å²) in [6.07, 6.45) is -4.21. The van der Waals surface area contributed by atoms with Crippen LogP contribution in [0, 0.1) is 5.92 Å². The van der Waals surface area contributed by atoms with Crippen molar-refractivity contribution in [1.29, 1.82) is 0 Å². The molecule has 214 valence electrons. The minimum absolute atomic E-state index is 0.00124. The van der Waals surface area contributed by atoms with Crippen LogP contribution in [0.2, 0.25) is 0 Å². The van der Waals surface area contributed by atoms with E-state index in [1.165, 1.54) is 30.1 Å². The third kappa shape index (κ3) is 7.40. The zero-order valence-corrected chi connectivity index (χ0v) is 22.6. The van der Waals surface area contributed by atoms with Crippen LogP contribution >= 0.6 is 0 Å². The molecule has 0 bridgehead atoms. The molecule has 2 aromatic rings. The van der Waals surface area contributed by atoms with E-state index in [-0.39, 0.29) is 48.3 Å². The molecular formula is C25H31F3N4O6S. The highest BCUT2D eigenvalue weighted by Crippen LogP contribution is 2.35. The summed E-state index contributed by atoms with van der Waals surface area (Å²) in [5.41, 5.74) is -0.601. The molecule has 0 saturated heterocycles. The number of alkyl halides is 3. The number of anilines is 2. The fourth-order valence-corrected chi connectivity index (χ4v) is 4.39. The van der Waals surface area contributed by atoms with Gasteiger partial charge in [-0.1, -0.05) is 13.0 Å². The summed E-state index contributed by atoms with van der Waals surface area (Å²) in [6, 6.07) is 6.98. The SMILES string of the molecule is C[C@H](CO)N1C[C@H](C)[C@@H](CN(C)S(C)(=O)=O)Oc2c(NC(=O)Nc3ccc(C(F)(F)F)cc3)cccc2C1=O. The van der Waals surface area contributed by atoms with Crippen molar-refractivity contribution < 1.29 is 41.0 Å². The number of aliphatic hydroxyl groups is 1. The van der Waals surface area contributed by atoms with Crippen LogP contribution in [0.25, 0.3) is 0 Å². The number of para-hydroxylation sites is 1. The summed E-state index contributed by atoms with van der Waals surface area (Å²) in [4.78, 5) is 27.7. The van der Waals surface area contributed by atoms with Gasteiger partial charge in [0.1, 0.15) is 6.10 Å². The van der Waals surface area contributed by atoms with Gasteiger partial charge in [0.25, 0.3) is 5.91 Å².